The van der Waals surface area contributed by atoms with Crippen molar-refractivity contribution in [1.29, 1.82) is 0 Å². The first-order valence-electron chi connectivity index (χ1n) is 5.33. The summed E-state index contributed by atoms with van der Waals surface area (Å²) < 4.78 is 46.2. The fraction of sp³-hybridized carbons (Fsp3) is 0.500. The number of alkyl halides is 3. The van der Waals surface area contributed by atoms with Crippen molar-refractivity contribution in [1.82, 2.24) is 0 Å². The number of hydrogen-bond donors (Lipinski definition) is 0. The predicted octanol–water partition coefficient (Wildman–Crippen LogP) is 3.69. The summed E-state index contributed by atoms with van der Waals surface area (Å²) in [6.07, 6.45) is -3.23. The van der Waals surface area contributed by atoms with Crippen LogP contribution in [0.3, 0.4) is 0 Å². The summed E-state index contributed by atoms with van der Waals surface area (Å²) in [5, 5.41) is 0. The molecule has 2 nitrogen and oxygen atoms in total. The van der Waals surface area contributed by atoms with E-state index in [-0.39, 0.29) is 11.5 Å². The van der Waals surface area contributed by atoms with Crippen molar-refractivity contribution in [2.75, 3.05) is 0 Å². The van der Waals surface area contributed by atoms with Gasteiger partial charge in [0, 0.05) is 0 Å². The largest absolute Gasteiger partial charge is 0.573 e. The van der Waals surface area contributed by atoms with Crippen LogP contribution in [0.15, 0.2) is 18.2 Å². The maximum Gasteiger partial charge on any atom is 0.573 e. The third kappa shape index (κ3) is 2.84. The lowest BCUT2D eigenvalue weighted by molar-refractivity contribution is -0.275. The Morgan fingerprint density at radius 1 is 1.29 bits per heavy atom. The Kier molecular flexibility index (Phi) is 2.72. The molecule has 1 aliphatic heterocycles. The van der Waals surface area contributed by atoms with Gasteiger partial charge in [-0.1, -0.05) is 12.1 Å². The van der Waals surface area contributed by atoms with E-state index in [0.717, 1.165) is 12.0 Å². The van der Waals surface area contributed by atoms with E-state index in [2.05, 4.69) is 4.74 Å². The van der Waals surface area contributed by atoms with Crippen LogP contribution in [0.25, 0.3) is 0 Å². The number of aryl methyl sites for hydroxylation is 1. The second-order valence-corrected chi connectivity index (χ2v) is 4.65. The highest BCUT2D eigenvalue weighted by atomic mass is 19.4. The molecule has 0 N–H and O–H groups in total. The molecule has 0 bridgehead atoms. The second kappa shape index (κ2) is 3.82. The molecule has 2 rings (SSSR count). The van der Waals surface area contributed by atoms with Gasteiger partial charge in [-0.2, -0.15) is 0 Å². The highest BCUT2D eigenvalue weighted by Crippen LogP contribution is 2.41. The molecule has 0 saturated heterocycles. The summed E-state index contributed by atoms with van der Waals surface area (Å²) in [5.74, 6) is -0.0520. The minimum absolute atomic E-state index is 0.209. The first-order chi connectivity index (χ1) is 7.77. The van der Waals surface area contributed by atoms with Crippen LogP contribution >= 0.6 is 0 Å². The van der Waals surface area contributed by atoms with Gasteiger partial charge < -0.3 is 9.47 Å². The molecule has 0 aliphatic carbocycles. The van der Waals surface area contributed by atoms with E-state index >= 15 is 0 Å². The van der Waals surface area contributed by atoms with E-state index < -0.39 is 12.0 Å². The molecule has 1 aliphatic rings. The van der Waals surface area contributed by atoms with E-state index in [9.17, 15) is 13.2 Å². The van der Waals surface area contributed by atoms with Gasteiger partial charge in [0.05, 0.1) is 0 Å². The Labute approximate surface area is 97.3 Å². The van der Waals surface area contributed by atoms with Crippen LogP contribution in [0.4, 0.5) is 13.2 Å². The molecular formula is C12H13F3O2. The number of fused-ring (bicyclic) bond motifs is 1. The summed E-state index contributed by atoms with van der Waals surface area (Å²) in [7, 11) is 0. The monoisotopic (exact) mass is 246 g/mol. The molecule has 0 aromatic heterocycles. The second-order valence-electron chi connectivity index (χ2n) is 4.65. The fourth-order valence-corrected chi connectivity index (χ4v) is 1.84. The number of rotatable bonds is 1. The zero-order valence-corrected chi connectivity index (χ0v) is 9.60. The quantitative estimate of drug-likeness (QED) is 0.752. The van der Waals surface area contributed by atoms with E-state index in [4.69, 9.17) is 4.74 Å². The molecule has 1 heterocycles. The average molecular weight is 246 g/mol. The van der Waals surface area contributed by atoms with Gasteiger partial charge in [0.15, 0.2) is 11.5 Å². The zero-order chi connectivity index (χ0) is 12.7. The van der Waals surface area contributed by atoms with Crippen molar-refractivity contribution in [2.24, 2.45) is 0 Å². The van der Waals surface area contributed by atoms with Gasteiger partial charge in [0.25, 0.3) is 0 Å². The summed E-state index contributed by atoms with van der Waals surface area (Å²) in [4.78, 5) is 0. The topological polar surface area (TPSA) is 18.5 Å². The zero-order valence-electron chi connectivity index (χ0n) is 9.60. The van der Waals surface area contributed by atoms with Crippen LogP contribution in [-0.2, 0) is 6.42 Å². The van der Waals surface area contributed by atoms with Crippen LogP contribution in [0.5, 0.6) is 11.5 Å². The smallest absolute Gasteiger partial charge is 0.484 e. The van der Waals surface area contributed by atoms with Crippen molar-refractivity contribution in [3.8, 4) is 11.5 Å². The Morgan fingerprint density at radius 3 is 2.65 bits per heavy atom. The Balaban J connectivity index is 2.36. The van der Waals surface area contributed by atoms with Crippen molar-refractivity contribution in [3.63, 3.8) is 0 Å². The van der Waals surface area contributed by atoms with E-state index in [0.29, 0.717) is 6.42 Å². The van der Waals surface area contributed by atoms with Crippen molar-refractivity contribution >= 4 is 0 Å². The van der Waals surface area contributed by atoms with Crippen LogP contribution in [0, 0.1) is 0 Å². The minimum atomic E-state index is -4.69. The lowest BCUT2D eigenvalue weighted by Gasteiger charge is -2.33. The first-order valence-corrected chi connectivity index (χ1v) is 5.33. The van der Waals surface area contributed by atoms with E-state index in [1.54, 1.807) is 12.1 Å². The standard InChI is InChI=1S/C12H13F3O2/c1-11(2)7-6-8-4-3-5-9(10(8)17-11)16-12(13,14)15/h3-5H,6-7H2,1-2H3. The number of para-hydroxylation sites is 1. The molecule has 0 spiro atoms. The molecule has 0 saturated carbocycles. The highest BCUT2D eigenvalue weighted by molar-refractivity contribution is 5.48. The lowest BCUT2D eigenvalue weighted by Crippen LogP contribution is -2.33. The highest BCUT2D eigenvalue weighted by Gasteiger charge is 2.35. The average Bonchev–Trinajstić information content (AvgIpc) is 2.16. The Morgan fingerprint density at radius 2 is 2.00 bits per heavy atom. The normalized spacial score (nSPS) is 18.2. The number of halogens is 3. The van der Waals surface area contributed by atoms with Crippen LogP contribution < -0.4 is 9.47 Å². The van der Waals surface area contributed by atoms with Gasteiger partial charge >= 0.3 is 6.36 Å². The number of hydrogen-bond acceptors (Lipinski definition) is 2. The van der Waals surface area contributed by atoms with E-state index in [1.807, 2.05) is 13.8 Å². The van der Waals surface area contributed by atoms with Crippen molar-refractivity contribution < 1.29 is 22.6 Å². The van der Waals surface area contributed by atoms with Gasteiger partial charge in [0.2, 0.25) is 0 Å². The summed E-state index contributed by atoms with van der Waals surface area (Å²) in [5.41, 5.74) is 0.295. The fourth-order valence-electron chi connectivity index (χ4n) is 1.84. The molecule has 0 amide bonds. The minimum Gasteiger partial charge on any atom is -0.484 e. The maximum atomic E-state index is 12.2. The third-order valence-electron chi connectivity index (χ3n) is 2.66. The van der Waals surface area contributed by atoms with Crippen molar-refractivity contribution in [3.05, 3.63) is 23.8 Å². The number of benzene rings is 1. The molecule has 1 aromatic carbocycles. The Bertz CT molecular complexity index is 424. The van der Waals surface area contributed by atoms with Gasteiger partial charge in [0.1, 0.15) is 5.60 Å². The SMILES string of the molecule is CC1(C)CCc2cccc(OC(F)(F)F)c2O1. The Hall–Kier alpha value is -1.39. The van der Waals surface area contributed by atoms with Crippen LogP contribution in [0.2, 0.25) is 0 Å². The number of ether oxygens (including phenoxy) is 2. The summed E-state index contributed by atoms with van der Waals surface area (Å²) >= 11 is 0. The van der Waals surface area contributed by atoms with Gasteiger partial charge in [-0.3, -0.25) is 0 Å². The molecule has 0 fully saturated rings. The van der Waals surface area contributed by atoms with Gasteiger partial charge in [-0.15, -0.1) is 13.2 Å². The molecule has 5 heteroatoms. The molecule has 0 unspecified atom stereocenters. The molecule has 0 atom stereocenters. The van der Waals surface area contributed by atoms with Gasteiger partial charge in [-0.05, 0) is 38.3 Å². The van der Waals surface area contributed by atoms with Crippen LogP contribution in [0.1, 0.15) is 25.8 Å². The molecule has 0 radical (unpaired) electrons. The van der Waals surface area contributed by atoms with Crippen molar-refractivity contribution in [2.45, 2.75) is 38.7 Å². The summed E-state index contributed by atoms with van der Waals surface area (Å²) in [6, 6.07) is 4.57. The summed E-state index contributed by atoms with van der Waals surface area (Å²) in [6.45, 7) is 3.70. The van der Waals surface area contributed by atoms with Gasteiger partial charge in [-0.25, -0.2) is 0 Å². The third-order valence-corrected chi connectivity index (χ3v) is 2.66. The first kappa shape index (κ1) is 12.1. The lowest BCUT2D eigenvalue weighted by atomic mass is 9.94. The van der Waals surface area contributed by atoms with Crippen LogP contribution in [-0.4, -0.2) is 12.0 Å². The predicted molar refractivity (Wildman–Crippen MR) is 56.2 cm³/mol. The molecular weight excluding hydrogens is 233 g/mol. The molecule has 1 aromatic rings. The van der Waals surface area contributed by atoms with E-state index in [1.165, 1.54) is 6.07 Å². The molecule has 17 heavy (non-hydrogen) atoms. The molecule has 94 valence electrons. The maximum absolute atomic E-state index is 12.2.